The van der Waals surface area contributed by atoms with Crippen molar-refractivity contribution in [1.82, 2.24) is 0 Å². The number of rotatable bonds is 1. The van der Waals surface area contributed by atoms with Gasteiger partial charge in [-0.25, -0.2) is 4.39 Å². The molecule has 4 heteroatoms. The van der Waals surface area contributed by atoms with Crippen LogP contribution in [0.1, 0.15) is 10.4 Å². The molecule has 2 N–H and O–H groups in total. The summed E-state index contributed by atoms with van der Waals surface area (Å²) >= 11 is 0. The summed E-state index contributed by atoms with van der Waals surface area (Å²) in [6.45, 7) is 0. The first-order valence-electron chi connectivity index (χ1n) is 2.82. The maximum atomic E-state index is 12.4. The molecule has 1 rings (SSSR count). The third kappa shape index (κ3) is 1.29. The number of phenolic OH excluding ortho intramolecular Hbond substituents is 2. The van der Waals surface area contributed by atoms with E-state index in [0.717, 1.165) is 12.1 Å². The van der Waals surface area contributed by atoms with E-state index in [2.05, 4.69) is 0 Å². The van der Waals surface area contributed by atoms with Gasteiger partial charge >= 0.3 is 0 Å². The Balaban J connectivity index is 3.35. The Kier molecular flexibility index (Phi) is 1.76. The maximum absolute atomic E-state index is 12.4. The van der Waals surface area contributed by atoms with Crippen LogP contribution in [0.4, 0.5) is 4.39 Å². The number of aldehydes is 1. The van der Waals surface area contributed by atoms with Crippen LogP contribution in [0.25, 0.3) is 0 Å². The van der Waals surface area contributed by atoms with Gasteiger partial charge in [0, 0.05) is 6.07 Å². The highest BCUT2D eigenvalue weighted by atomic mass is 19.1. The molecule has 0 bridgehead atoms. The van der Waals surface area contributed by atoms with Crippen molar-refractivity contribution in [3.05, 3.63) is 23.5 Å². The smallest absolute Gasteiger partial charge is 0.168 e. The van der Waals surface area contributed by atoms with Gasteiger partial charge in [0.25, 0.3) is 0 Å². The van der Waals surface area contributed by atoms with E-state index in [1.807, 2.05) is 0 Å². The average molecular weight is 156 g/mol. The van der Waals surface area contributed by atoms with Crippen molar-refractivity contribution < 1.29 is 19.4 Å². The van der Waals surface area contributed by atoms with E-state index in [1.165, 1.54) is 0 Å². The van der Waals surface area contributed by atoms with Gasteiger partial charge in [0.15, 0.2) is 17.8 Å². The molecule has 0 saturated carbocycles. The van der Waals surface area contributed by atoms with Crippen LogP contribution in [0.2, 0.25) is 0 Å². The highest BCUT2D eigenvalue weighted by Crippen LogP contribution is 2.28. The molecule has 0 aromatic heterocycles. The second kappa shape index (κ2) is 2.57. The van der Waals surface area contributed by atoms with Crippen molar-refractivity contribution in [1.29, 1.82) is 0 Å². The zero-order valence-electron chi connectivity index (χ0n) is 5.41. The largest absolute Gasteiger partial charge is 0.504 e. The maximum Gasteiger partial charge on any atom is 0.168 e. The van der Waals surface area contributed by atoms with Crippen molar-refractivity contribution in [3.8, 4) is 11.5 Å². The van der Waals surface area contributed by atoms with Crippen LogP contribution in [-0.2, 0) is 0 Å². The normalized spacial score (nSPS) is 9.55. The molecule has 0 fully saturated rings. The summed E-state index contributed by atoms with van der Waals surface area (Å²) in [5.74, 6) is -1.99. The van der Waals surface area contributed by atoms with Gasteiger partial charge in [-0.3, -0.25) is 4.79 Å². The monoisotopic (exact) mass is 156 g/mol. The van der Waals surface area contributed by atoms with Gasteiger partial charge in [0.05, 0.1) is 5.56 Å². The van der Waals surface area contributed by atoms with Gasteiger partial charge < -0.3 is 10.2 Å². The predicted molar refractivity (Wildman–Crippen MR) is 35.1 cm³/mol. The molecular formula is C7H5FO3. The lowest BCUT2D eigenvalue weighted by atomic mass is 10.2. The van der Waals surface area contributed by atoms with Crippen molar-refractivity contribution in [2.75, 3.05) is 0 Å². The molecular weight excluding hydrogens is 151 g/mol. The lowest BCUT2D eigenvalue weighted by molar-refractivity contribution is 0.112. The molecule has 3 nitrogen and oxygen atoms in total. The zero-order chi connectivity index (χ0) is 8.43. The molecule has 1 aromatic carbocycles. The highest BCUT2D eigenvalue weighted by molar-refractivity contribution is 5.80. The van der Waals surface area contributed by atoms with E-state index in [-0.39, 0.29) is 11.8 Å². The molecule has 11 heavy (non-hydrogen) atoms. The summed E-state index contributed by atoms with van der Waals surface area (Å²) in [6, 6.07) is 1.56. The minimum absolute atomic E-state index is 0.262. The van der Waals surface area contributed by atoms with Crippen molar-refractivity contribution in [2.45, 2.75) is 0 Å². The van der Waals surface area contributed by atoms with E-state index in [0.29, 0.717) is 0 Å². The number of hydrogen-bond acceptors (Lipinski definition) is 3. The Labute approximate surface area is 61.7 Å². The fourth-order valence-electron chi connectivity index (χ4n) is 0.695. The summed E-state index contributed by atoms with van der Waals surface area (Å²) in [6.07, 6.45) is 0.262. The molecule has 58 valence electrons. The molecule has 0 aliphatic heterocycles. The lowest BCUT2D eigenvalue weighted by Gasteiger charge is -1.99. The van der Waals surface area contributed by atoms with Gasteiger partial charge in [-0.15, -0.1) is 0 Å². The lowest BCUT2D eigenvalue weighted by Crippen LogP contribution is -1.84. The molecule has 0 unspecified atom stereocenters. The topological polar surface area (TPSA) is 57.5 Å². The first-order valence-corrected chi connectivity index (χ1v) is 2.82. The first-order chi connectivity index (χ1) is 5.15. The van der Waals surface area contributed by atoms with Gasteiger partial charge in [-0.1, -0.05) is 0 Å². The Bertz CT molecular complexity index is 296. The van der Waals surface area contributed by atoms with E-state index in [9.17, 15) is 9.18 Å². The second-order valence-electron chi connectivity index (χ2n) is 1.98. The standard InChI is InChI=1S/C7H5FO3/c8-5-1-4(3-9)7(11)6(10)2-5/h1-3,10-11H. The third-order valence-electron chi connectivity index (χ3n) is 1.21. The summed E-state index contributed by atoms with van der Waals surface area (Å²) in [7, 11) is 0. The molecule has 0 aliphatic carbocycles. The summed E-state index contributed by atoms with van der Waals surface area (Å²) in [5, 5.41) is 17.6. The Morgan fingerprint density at radius 3 is 2.55 bits per heavy atom. The predicted octanol–water partition coefficient (Wildman–Crippen LogP) is 1.05. The molecule has 1 aromatic rings. The van der Waals surface area contributed by atoms with Crippen LogP contribution in [-0.4, -0.2) is 16.5 Å². The number of halogens is 1. The van der Waals surface area contributed by atoms with Crippen LogP contribution in [0, 0.1) is 5.82 Å². The fraction of sp³-hybridized carbons (Fsp3) is 0. The summed E-state index contributed by atoms with van der Waals surface area (Å²) < 4.78 is 12.4. The molecule has 0 saturated heterocycles. The molecule has 0 aliphatic rings. The van der Waals surface area contributed by atoms with Gasteiger partial charge in [-0.05, 0) is 6.07 Å². The highest BCUT2D eigenvalue weighted by Gasteiger charge is 2.07. The summed E-state index contributed by atoms with van der Waals surface area (Å²) in [5.41, 5.74) is -0.262. The van der Waals surface area contributed by atoms with Gasteiger partial charge in [-0.2, -0.15) is 0 Å². The number of benzene rings is 1. The minimum Gasteiger partial charge on any atom is -0.504 e. The van der Waals surface area contributed by atoms with E-state index < -0.39 is 17.3 Å². The Morgan fingerprint density at radius 2 is 2.00 bits per heavy atom. The zero-order valence-corrected chi connectivity index (χ0v) is 5.41. The van der Waals surface area contributed by atoms with Crippen LogP contribution in [0.15, 0.2) is 12.1 Å². The van der Waals surface area contributed by atoms with E-state index in [4.69, 9.17) is 10.2 Å². The minimum atomic E-state index is -0.762. The van der Waals surface area contributed by atoms with Crippen molar-refractivity contribution >= 4 is 6.29 Å². The third-order valence-corrected chi connectivity index (χ3v) is 1.21. The number of aromatic hydroxyl groups is 2. The number of phenols is 2. The average Bonchev–Trinajstić information content (AvgIpc) is 1.96. The number of carbonyl (C=O) groups is 1. The van der Waals surface area contributed by atoms with Gasteiger partial charge in [0.2, 0.25) is 0 Å². The van der Waals surface area contributed by atoms with Crippen LogP contribution >= 0.6 is 0 Å². The SMILES string of the molecule is O=Cc1cc(F)cc(O)c1O. The molecule has 0 radical (unpaired) electrons. The van der Waals surface area contributed by atoms with E-state index >= 15 is 0 Å². The molecule has 0 atom stereocenters. The Morgan fingerprint density at radius 1 is 1.36 bits per heavy atom. The summed E-state index contributed by atoms with van der Waals surface area (Å²) in [4.78, 5) is 10.1. The first kappa shape index (κ1) is 7.53. The van der Waals surface area contributed by atoms with Crippen LogP contribution in [0.5, 0.6) is 11.5 Å². The Hall–Kier alpha value is -1.58. The molecule has 0 heterocycles. The van der Waals surface area contributed by atoms with E-state index in [1.54, 1.807) is 0 Å². The van der Waals surface area contributed by atoms with Gasteiger partial charge in [0.1, 0.15) is 5.82 Å². The number of hydrogen-bond donors (Lipinski definition) is 2. The number of carbonyl (C=O) groups excluding carboxylic acids is 1. The molecule has 0 spiro atoms. The van der Waals surface area contributed by atoms with Crippen LogP contribution < -0.4 is 0 Å². The quantitative estimate of drug-likeness (QED) is 0.472. The molecule has 0 amide bonds. The van der Waals surface area contributed by atoms with Crippen LogP contribution in [0.3, 0.4) is 0 Å². The second-order valence-corrected chi connectivity index (χ2v) is 1.98. The van der Waals surface area contributed by atoms with Crippen molar-refractivity contribution in [3.63, 3.8) is 0 Å². The van der Waals surface area contributed by atoms with Crippen molar-refractivity contribution in [2.24, 2.45) is 0 Å². The fourth-order valence-corrected chi connectivity index (χ4v) is 0.695.